The van der Waals surface area contributed by atoms with Crippen molar-refractivity contribution in [2.75, 3.05) is 0 Å². The standard InChI is InChI=1S/C26H47BN2O5/c1-15(2)11-18(28-23(31)32-24(5,6)7)22(30)29-21(12-16(3)4)27-33-20-14-17-13-19(25(17,8)9)26(20,10)34-27/h15-21H,11-14H2,1-10H3,(H,28,31)(H,29,30)/t17-,18-,19-,20+,21?,26-/m0/s1. The summed E-state index contributed by atoms with van der Waals surface area (Å²) in [7, 11) is -0.488. The first kappa shape index (κ1) is 27.3. The molecule has 7 nitrogen and oxygen atoms in total. The van der Waals surface area contributed by atoms with Crippen LogP contribution in [0.25, 0.3) is 0 Å². The lowest BCUT2D eigenvalue weighted by atomic mass is 9.43. The van der Waals surface area contributed by atoms with Crippen molar-refractivity contribution in [2.24, 2.45) is 29.1 Å². The molecule has 0 radical (unpaired) electrons. The van der Waals surface area contributed by atoms with Crippen molar-refractivity contribution in [2.45, 2.75) is 124 Å². The molecule has 8 heteroatoms. The molecule has 2 N–H and O–H groups in total. The van der Waals surface area contributed by atoms with Crippen LogP contribution in [-0.4, -0.2) is 48.4 Å². The van der Waals surface area contributed by atoms with Crippen LogP contribution < -0.4 is 10.6 Å². The topological polar surface area (TPSA) is 85.9 Å². The highest BCUT2D eigenvalue weighted by Gasteiger charge is 2.68. The molecule has 0 aromatic heterocycles. The van der Waals surface area contributed by atoms with Crippen LogP contribution in [0.15, 0.2) is 0 Å². The number of rotatable bonds is 8. The van der Waals surface area contributed by atoms with Crippen LogP contribution in [0.2, 0.25) is 0 Å². The molecule has 1 unspecified atom stereocenters. The third-order valence-electron chi connectivity index (χ3n) is 8.06. The quantitative estimate of drug-likeness (QED) is 0.493. The molecule has 1 heterocycles. The van der Waals surface area contributed by atoms with E-state index in [4.69, 9.17) is 14.0 Å². The maximum Gasteiger partial charge on any atom is 0.481 e. The van der Waals surface area contributed by atoms with Gasteiger partial charge in [-0.15, -0.1) is 0 Å². The van der Waals surface area contributed by atoms with Crippen molar-refractivity contribution < 1.29 is 23.6 Å². The molecule has 0 aromatic carbocycles. The van der Waals surface area contributed by atoms with Crippen molar-refractivity contribution in [3.05, 3.63) is 0 Å². The molecule has 1 aliphatic heterocycles. The molecule has 3 saturated carbocycles. The van der Waals surface area contributed by atoms with Crippen molar-refractivity contribution in [3.63, 3.8) is 0 Å². The van der Waals surface area contributed by atoms with Crippen LogP contribution in [0.3, 0.4) is 0 Å². The number of amides is 2. The molecule has 6 atom stereocenters. The van der Waals surface area contributed by atoms with Gasteiger partial charge in [0.05, 0.1) is 17.6 Å². The number of ether oxygens (including phenoxy) is 1. The van der Waals surface area contributed by atoms with E-state index < -0.39 is 24.9 Å². The van der Waals surface area contributed by atoms with E-state index in [1.807, 2.05) is 34.6 Å². The summed E-state index contributed by atoms with van der Waals surface area (Å²) in [6.07, 6.45) is 2.93. The zero-order chi connectivity index (χ0) is 25.6. The Kier molecular flexibility index (Phi) is 7.75. The van der Waals surface area contributed by atoms with Gasteiger partial charge in [-0.1, -0.05) is 41.5 Å². The van der Waals surface area contributed by atoms with Crippen molar-refractivity contribution in [1.82, 2.24) is 10.6 Å². The first-order valence-electron chi connectivity index (χ1n) is 13.2. The van der Waals surface area contributed by atoms with Crippen molar-refractivity contribution >= 4 is 19.1 Å². The summed E-state index contributed by atoms with van der Waals surface area (Å²) in [6, 6.07) is -0.685. The fourth-order valence-electron chi connectivity index (χ4n) is 6.25. The molecule has 4 rings (SSSR count). The van der Waals surface area contributed by atoms with Crippen LogP contribution in [0.1, 0.15) is 94.9 Å². The highest BCUT2D eigenvalue weighted by atomic mass is 16.7. The number of carbonyl (C=O) groups excluding carboxylic acids is 2. The van der Waals surface area contributed by atoms with Gasteiger partial charge in [0, 0.05) is 0 Å². The van der Waals surface area contributed by atoms with Crippen LogP contribution in [0, 0.1) is 29.1 Å². The maximum atomic E-state index is 13.4. The highest BCUT2D eigenvalue weighted by Crippen LogP contribution is 2.65. The van der Waals surface area contributed by atoms with E-state index in [0.717, 1.165) is 12.8 Å². The Morgan fingerprint density at radius 2 is 1.65 bits per heavy atom. The minimum Gasteiger partial charge on any atom is -0.444 e. The van der Waals surface area contributed by atoms with Gasteiger partial charge in [-0.2, -0.15) is 0 Å². The van der Waals surface area contributed by atoms with Crippen LogP contribution in [-0.2, 0) is 18.8 Å². The van der Waals surface area contributed by atoms with Crippen molar-refractivity contribution in [1.29, 1.82) is 0 Å². The lowest BCUT2D eigenvalue weighted by molar-refractivity contribution is -0.199. The van der Waals surface area contributed by atoms with Gasteiger partial charge in [0.15, 0.2) is 0 Å². The van der Waals surface area contributed by atoms with E-state index in [-0.39, 0.29) is 34.9 Å². The SMILES string of the molecule is CC(C)CC(NC(=O)[C@H](CC(C)C)NC(=O)OC(C)(C)C)B1O[C@@H]2C[C@@H]3C[C@@H](C3(C)C)[C@]2(C)O1. The predicted molar refractivity (Wildman–Crippen MR) is 134 cm³/mol. The van der Waals surface area contributed by atoms with Crippen LogP contribution >= 0.6 is 0 Å². The Bertz CT molecular complexity index is 765. The first-order valence-corrected chi connectivity index (χ1v) is 13.2. The van der Waals surface area contributed by atoms with E-state index in [2.05, 4.69) is 45.3 Å². The van der Waals surface area contributed by atoms with Gasteiger partial charge in [-0.25, -0.2) is 4.79 Å². The molecular weight excluding hydrogens is 431 g/mol. The summed E-state index contributed by atoms with van der Waals surface area (Å²) in [5, 5.41) is 5.96. The predicted octanol–water partition coefficient (Wildman–Crippen LogP) is 4.72. The van der Waals surface area contributed by atoms with Gasteiger partial charge in [0.25, 0.3) is 0 Å². The third kappa shape index (κ3) is 5.75. The molecule has 0 spiro atoms. The lowest BCUT2D eigenvalue weighted by Crippen LogP contribution is -2.65. The van der Waals surface area contributed by atoms with Crippen LogP contribution in [0.5, 0.6) is 0 Å². The molecule has 34 heavy (non-hydrogen) atoms. The molecular formula is C26H47BN2O5. The van der Waals surface area contributed by atoms with E-state index in [9.17, 15) is 9.59 Å². The molecule has 2 amide bonds. The number of hydrogen-bond donors (Lipinski definition) is 2. The van der Waals surface area contributed by atoms with E-state index >= 15 is 0 Å². The Labute approximate surface area is 207 Å². The van der Waals surface area contributed by atoms with Gasteiger partial charge in [0.1, 0.15) is 11.6 Å². The Hall–Kier alpha value is -1.28. The average molecular weight is 478 g/mol. The molecule has 1 saturated heterocycles. The zero-order valence-corrected chi connectivity index (χ0v) is 23.0. The number of nitrogens with one attached hydrogen (secondary N) is 2. The Balaban J connectivity index is 1.72. The maximum absolute atomic E-state index is 13.4. The van der Waals surface area contributed by atoms with Crippen LogP contribution in [0.4, 0.5) is 4.79 Å². The monoisotopic (exact) mass is 478 g/mol. The zero-order valence-electron chi connectivity index (χ0n) is 23.0. The molecule has 0 aromatic rings. The second kappa shape index (κ2) is 9.64. The summed E-state index contributed by atoms with van der Waals surface area (Å²) < 4.78 is 18.5. The summed E-state index contributed by atoms with van der Waals surface area (Å²) >= 11 is 0. The lowest BCUT2D eigenvalue weighted by Gasteiger charge is -2.64. The van der Waals surface area contributed by atoms with Gasteiger partial charge >= 0.3 is 13.2 Å². The van der Waals surface area contributed by atoms with Gasteiger partial charge in [-0.05, 0) is 82.5 Å². The number of alkyl carbamates (subject to hydrolysis) is 1. The van der Waals surface area contributed by atoms with Gasteiger partial charge in [-0.3, -0.25) is 4.79 Å². The second-order valence-electron chi connectivity index (χ2n) is 13.4. The summed E-state index contributed by atoms with van der Waals surface area (Å²) in [6.45, 7) is 20.6. The largest absolute Gasteiger partial charge is 0.481 e. The Morgan fingerprint density at radius 1 is 1.03 bits per heavy atom. The highest BCUT2D eigenvalue weighted by molar-refractivity contribution is 6.47. The molecule has 3 aliphatic carbocycles. The molecule has 4 fully saturated rings. The minimum atomic E-state index is -0.685. The number of carbonyl (C=O) groups is 2. The first-order chi connectivity index (χ1) is 15.5. The third-order valence-corrected chi connectivity index (χ3v) is 8.06. The molecule has 4 aliphatic rings. The smallest absolute Gasteiger partial charge is 0.444 e. The summed E-state index contributed by atoms with van der Waals surface area (Å²) in [5.41, 5.74) is -0.691. The fourth-order valence-corrected chi connectivity index (χ4v) is 6.25. The Morgan fingerprint density at radius 3 is 2.18 bits per heavy atom. The molecule has 194 valence electrons. The summed E-state index contributed by atoms with van der Waals surface area (Å²) in [4.78, 5) is 25.8. The number of hydrogen-bond acceptors (Lipinski definition) is 5. The minimum absolute atomic E-state index is 0.0622. The van der Waals surface area contributed by atoms with E-state index in [1.165, 1.54) is 6.42 Å². The average Bonchev–Trinajstić information content (AvgIpc) is 3.01. The van der Waals surface area contributed by atoms with E-state index in [1.54, 1.807) is 0 Å². The fraction of sp³-hybridized carbons (Fsp3) is 0.923. The van der Waals surface area contributed by atoms with Gasteiger partial charge in [0.2, 0.25) is 5.91 Å². The van der Waals surface area contributed by atoms with Gasteiger partial charge < -0.3 is 24.7 Å². The normalized spacial score (nSPS) is 31.5. The summed E-state index contributed by atoms with van der Waals surface area (Å²) in [5.74, 6) is 1.20. The second-order valence-corrected chi connectivity index (χ2v) is 13.4. The molecule has 2 bridgehead atoms. The van der Waals surface area contributed by atoms with Crippen molar-refractivity contribution in [3.8, 4) is 0 Å². The van der Waals surface area contributed by atoms with E-state index in [0.29, 0.717) is 24.2 Å².